The van der Waals surface area contributed by atoms with Gasteiger partial charge in [-0.25, -0.2) is 13.1 Å². The Bertz CT molecular complexity index is 552. The van der Waals surface area contributed by atoms with E-state index in [4.69, 9.17) is 10.5 Å². The van der Waals surface area contributed by atoms with E-state index >= 15 is 0 Å². The number of nitrogens with one attached hydrogen (secondary N) is 1. The SMILES string of the molecule is Cc1ccccc1S(=O)(=O)NCCOC1CCC(N)CC1. The second-order valence-electron chi connectivity index (χ2n) is 5.57. The summed E-state index contributed by atoms with van der Waals surface area (Å²) in [7, 11) is -3.45. The zero-order valence-electron chi connectivity index (χ0n) is 12.4. The van der Waals surface area contributed by atoms with Gasteiger partial charge in [0, 0.05) is 12.6 Å². The smallest absolute Gasteiger partial charge is 0.240 e. The fourth-order valence-electron chi connectivity index (χ4n) is 2.59. The first-order valence-corrected chi connectivity index (χ1v) is 8.90. The number of ether oxygens (including phenoxy) is 1. The molecule has 0 unspecified atom stereocenters. The van der Waals surface area contributed by atoms with Crippen molar-refractivity contribution in [3.63, 3.8) is 0 Å². The van der Waals surface area contributed by atoms with Gasteiger partial charge in [0.05, 0.1) is 17.6 Å². The third kappa shape index (κ3) is 4.78. The number of hydrogen-bond donors (Lipinski definition) is 2. The minimum absolute atomic E-state index is 0.216. The van der Waals surface area contributed by atoms with E-state index in [2.05, 4.69) is 4.72 Å². The van der Waals surface area contributed by atoms with Gasteiger partial charge in [0.1, 0.15) is 0 Å². The normalized spacial score (nSPS) is 23.1. The highest BCUT2D eigenvalue weighted by Crippen LogP contribution is 2.19. The summed E-state index contributed by atoms with van der Waals surface area (Å²) in [4.78, 5) is 0.327. The predicted octanol–water partition coefficient (Wildman–Crippen LogP) is 1.56. The fraction of sp³-hybridized carbons (Fsp3) is 0.600. The lowest BCUT2D eigenvalue weighted by molar-refractivity contribution is 0.0287. The first-order valence-electron chi connectivity index (χ1n) is 7.41. The van der Waals surface area contributed by atoms with Gasteiger partial charge in [-0.3, -0.25) is 0 Å². The van der Waals surface area contributed by atoms with Crippen molar-refractivity contribution in [1.82, 2.24) is 4.72 Å². The van der Waals surface area contributed by atoms with E-state index < -0.39 is 10.0 Å². The quantitative estimate of drug-likeness (QED) is 0.781. The highest BCUT2D eigenvalue weighted by Gasteiger charge is 2.19. The standard InChI is InChI=1S/C15H24N2O3S/c1-12-4-2-3-5-15(12)21(18,19)17-10-11-20-14-8-6-13(16)7-9-14/h2-5,13-14,17H,6-11,16H2,1H3. The Morgan fingerprint density at radius 3 is 2.57 bits per heavy atom. The summed E-state index contributed by atoms with van der Waals surface area (Å²) in [5.74, 6) is 0. The highest BCUT2D eigenvalue weighted by molar-refractivity contribution is 7.89. The molecule has 0 heterocycles. The highest BCUT2D eigenvalue weighted by atomic mass is 32.2. The molecule has 6 heteroatoms. The second-order valence-corrected chi connectivity index (χ2v) is 7.31. The Morgan fingerprint density at radius 2 is 1.90 bits per heavy atom. The lowest BCUT2D eigenvalue weighted by Crippen LogP contribution is -2.33. The van der Waals surface area contributed by atoms with Crippen LogP contribution in [-0.4, -0.2) is 33.7 Å². The molecule has 0 aromatic heterocycles. The van der Waals surface area contributed by atoms with Gasteiger partial charge in [0.15, 0.2) is 0 Å². The van der Waals surface area contributed by atoms with E-state index in [0.717, 1.165) is 31.2 Å². The first-order chi connectivity index (χ1) is 9.99. The van der Waals surface area contributed by atoms with Crippen LogP contribution in [0.25, 0.3) is 0 Å². The van der Waals surface area contributed by atoms with Crippen LogP contribution in [0.3, 0.4) is 0 Å². The predicted molar refractivity (Wildman–Crippen MR) is 82.6 cm³/mol. The van der Waals surface area contributed by atoms with Gasteiger partial charge in [0.2, 0.25) is 10.0 Å². The molecule has 2 rings (SSSR count). The van der Waals surface area contributed by atoms with Gasteiger partial charge >= 0.3 is 0 Å². The first kappa shape index (κ1) is 16.4. The van der Waals surface area contributed by atoms with Gasteiger partial charge in [-0.15, -0.1) is 0 Å². The molecule has 0 radical (unpaired) electrons. The lowest BCUT2D eigenvalue weighted by atomic mass is 9.94. The number of aryl methyl sites for hydroxylation is 1. The van der Waals surface area contributed by atoms with Crippen molar-refractivity contribution in [1.29, 1.82) is 0 Å². The van der Waals surface area contributed by atoms with Crippen LogP contribution in [0.15, 0.2) is 29.2 Å². The van der Waals surface area contributed by atoms with E-state index in [1.165, 1.54) is 0 Å². The Morgan fingerprint density at radius 1 is 1.24 bits per heavy atom. The van der Waals surface area contributed by atoms with Crippen LogP contribution in [-0.2, 0) is 14.8 Å². The van der Waals surface area contributed by atoms with Crippen molar-refractivity contribution >= 4 is 10.0 Å². The molecule has 0 amide bonds. The maximum atomic E-state index is 12.2. The molecular formula is C15H24N2O3S. The van der Waals surface area contributed by atoms with Crippen molar-refractivity contribution in [2.45, 2.75) is 49.6 Å². The van der Waals surface area contributed by atoms with Crippen LogP contribution >= 0.6 is 0 Å². The molecule has 21 heavy (non-hydrogen) atoms. The van der Waals surface area contributed by atoms with Crippen LogP contribution in [0.2, 0.25) is 0 Å². The molecule has 5 nitrogen and oxygen atoms in total. The largest absolute Gasteiger partial charge is 0.377 e. The summed E-state index contributed by atoms with van der Waals surface area (Å²) in [5, 5.41) is 0. The van der Waals surface area contributed by atoms with Gasteiger partial charge in [-0.1, -0.05) is 18.2 Å². The number of hydrogen-bond acceptors (Lipinski definition) is 4. The molecule has 0 spiro atoms. The second kappa shape index (κ2) is 7.35. The average Bonchev–Trinajstić information content (AvgIpc) is 2.46. The van der Waals surface area contributed by atoms with Gasteiger partial charge in [-0.2, -0.15) is 0 Å². The van der Waals surface area contributed by atoms with Crippen LogP contribution in [0.4, 0.5) is 0 Å². The molecule has 1 aromatic rings. The van der Waals surface area contributed by atoms with Crippen molar-refractivity contribution in [3.8, 4) is 0 Å². The lowest BCUT2D eigenvalue weighted by Gasteiger charge is -2.26. The van der Waals surface area contributed by atoms with Gasteiger partial charge in [-0.05, 0) is 44.2 Å². The Hall–Kier alpha value is -0.950. The maximum Gasteiger partial charge on any atom is 0.240 e. The van der Waals surface area contributed by atoms with E-state index in [1.54, 1.807) is 25.1 Å². The van der Waals surface area contributed by atoms with Crippen molar-refractivity contribution < 1.29 is 13.2 Å². The molecule has 1 saturated carbocycles. The molecule has 118 valence electrons. The van der Waals surface area contributed by atoms with Crippen LogP contribution in [0.5, 0.6) is 0 Å². The summed E-state index contributed by atoms with van der Waals surface area (Å²) in [6.45, 7) is 2.47. The monoisotopic (exact) mass is 312 g/mol. The van der Waals surface area contributed by atoms with E-state index in [1.807, 2.05) is 6.07 Å². The number of sulfonamides is 1. The molecule has 0 aliphatic heterocycles. The third-order valence-electron chi connectivity index (χ3n) is 3.85. The summed E-state index contributed by atoms with van der Waals surface area (Å²) in [6, 6.07) is 7.25. The fourth-order valence-corrected chi connectivity index (χ4v) is 3.85. The van der Waals surface area contributed by atoms with Gasteiger partial charge in [0.25, 0.3) is 0 Å². The average molecular weight is 312 g/mol. The minimum Gasteiger partial charge on any atom is -0.377 e. The molecule has 3 N–H and O–H groups in total. The molecule has 0 bridgehead atoms. The summed E-state index contributed by atoms with van der Waals surface area (Å²) in [5.41, 5.74) is 6.58. The third-order valence-corrected chi connectivity index (χ3v) is 5.47. The molecular weight excluding hydrogens is 288 g/mol. The summed E-state index contributed by atoms with van der Waals surface area (Å²) < 4.78 is 32.6. The minimum atomic E-state index is -3.45. The zero-order valence-corrected chi connectivity index (χ0v) is 13.2. The van der Waals surface area contributed by atoms with Crippen molar-refractivity contribution in [2.75, 3.05) is 13.2 Å². The van der Waals surface area contributed by atoms with E-state index in [9.17, 15) is 8.42 Å². The molecule has 1 aromatic carbocycles. The van der Waals surface area contributed by atoms with Gasteiger partial charge < -0.3 is 10.5 Å². The topological polar surface area (TPSA) is 81.4 Å². The van der Waals surface area contributed by atoms with Crippen molar-refractivity contribution in [3.05, 3.63) is 29.8 Å². The zero-order chi connectivity index (χ0) is 15.3. The Kier molecular flexibility index (Phi) is 5.75. The molecule has 0 saturated heterocycles. The van der Waals surface area contributed by atoms with Crippen LogP contribution in [0.1, 0.15) is 31.2 Å². The molecule has 1 fully saturated rings. The van der Waals surface area contributed by atoms with Crippen LogP contribution in [0, 0.1) is 6.92 Å². The number of benzene rings is 1. The molecule has 1 aliphatic rings. The van der Waals surface area contributed by atoms with Crippen LogP contribution < -0.4 is 10.5 Å². The maximum absolute atomic E-state index is 12.2. The van der Waals surface area contributed by atoms with E-state index in [0.29, 0.717) is 24.1 Å². The van der Waals surface area contributed by atoms with Crippen molar-refractivity contribution in [2.24, 2.45) is 5.73 Å². The number of rotatable bonds is 6. The summed E-state index contributed by atoms with van der Waals surface area (Å²) in [6.07, 6.45) is 4.11. The Labute approximate surface area is 126 Å². The summed E-state index contributed by atoms with van der Waals surface area (Å²) >= 11 is 0. The van der Waals surface area contributed by atoms with E-state index in [-0.39, 0.29) is 6.10 Å². The number of nitrogens with two attached hydrogens (primary N) is 1. The Balaban J connectivity index is 1.77. The molecule has 0 atom stereocenters. The molecule has 1 aliphatic carbocycles.